The lowest BCUT2D eigenvalue weighted by Gasteiger charge is -2.13. The number of hydrogen-bond donors (Lipinski definition) is 3. The first kappa shape index (κ1) is 18.4. The maximum atomic E-state index is 12.7. The second kappa shape index (κ2) is 6.86. The number of fused-ring (bicyclic) bond motifs is 3. The quantitative estimate of drug-likeness (QED) is 0.356. The summed E-state index contributed by atoms with van der Waals surface area (Å²) < 4.78 is 12.1. The van der Waals surface area contributed by atoms with E-state index in [1.165, 1.54) is 11.7 Å². The van der Waals surface area contributed by atoms with Crippen molar-refractivity contribution in [3.8, 4) is 11.5 Å². The van der Waals surface area contributed by atoms with Crippen molar-refractivity contribution in [1.82, 2.24) is 14.5 Å². The van der Waals surface area contributed by atoms with Gasteiger partial charge in [0.2, 0.25) is 5.95 Å². The topological polar surface area (TPSA) is 130 Å². The Labute approximate surface area is 165 Å². The summed E-state index contributed by atoms with van der Waals surface area (Å²) in [4.78, 5) is 21.7. The number of nitrogens with one attached hydrogen (secondary N) is 1. The number of pyridine rings is 1. The van der Waals surface area contributed by atoms with Crippen molar-refractivity contribution in [1.29, 1.82) is 0 Å². The highest BCUT2D eigenvalue weighted by molar-refractivity contribution is 6.05. The van der Waals surface area contributed by atoms with Gasteiger partial charge in [0, 0.05) is 35.9 Å². The largest absolute Gasteiger partial charge is 0.497 e. The van der Waals surface area contributed by atoms with Gasteiger partial charge in [0.25, 0.3) is 5.56 Å². The van der Waals surface area contributed by atoms with Crippen LogP contribution in [-0.4, -0.2) is 28.8 Å². The molecule has 0 bridgehead atoms. The molecule has 0 fully saturated rings. The van der Waals surface area contributed by atoms with Crippen LogP contribution in [0.2, 0.25) is 0 Å². The van der Waals surface area contributed by atoms with Gasteiger partial charge in [0.15, 0.2) is 0 Å². The van der Waals surface area contributed by atoms with Gasteiger partial charge in [-0.05, 0) is 18.2 Å². The molecule has 0 unspecified atom stereocenters. The highest BCUT2D eigenvalue weighted by Gasteiger charge is 2.14. The molecular formula is C20H20N6O3. The average molecular weight is 392 g/mol. The van der Waals surface area contributed by atoms with Crippen LogP contribution < -0.4 is 31.8 Å². The Morgan fingerprint density at radius 3 is 2.55 bits per heavy atom. The molecule has 0 radical (unpaired) electrons. The van der Waals surface area contributed by atoms with Crippen LogP contribution in [0.15, 0.2) is 41.3 Å². The normalized spacial score (nSPS) is 11.0. The Kier molecular flexibility index (Phi) is 4.34. The van der Waals surface area contributed by atoms with Crippen molar-refractivity contribution < 1.29 is 9.47 Å². The van der Waals surface area contributed by atoms with Crippen molar-refractivity contribution >= 4 is 44.8 Å². The van der Waals surface area contributed by atoms with E-state index in [0.717, 1.165) is 0 Å². The van der Waals surface area contributed by atoms with Gasteiger partial charge in [-0.15, -0.1) is 0 Å². The molecule has 0 aliphatic rings. The molecule has 29 heavy (non-hydrogen) atoms. The summed E-state index contributed by atoms with van der Waals surface area (Å²) >= 11 is 0. The SMILES string of the molecule is COc1cc(N)cc(Nc2ncc3c(n2)c2cc(OC)c(N)cc2c(=O)n3C)c1. The van der Waals surface area contributed by atoms with Gasteiger partial charge in [-0.3, -0.25) is 4.79 Å². The zero-order valence-corrected chi connectivity index (χ0v) is 16.2. The first-order chi connectivity index (χ1) is 13.9. The Morgan fingerprint density at radius 2 is 1.83 bits per heavy atom. The standard InChI is InChI=1S/C20H20N6O3/c1-26-16-9-23-20(24-11-4-10(21)5-12(6-11)28-2)25-18(16)13-8-17(29-3)15(22)7-14(13)19(26)27/h4-9H,21-22H2,1-3H3,(H,23,24,25). The number of aromatic nitrogens is 3. The number of aryl methyl sites for hydroxylation is 1. The number of hydrogen-bond acceptors (Lipinski definition) is 8. The van der Waals surface area contributed by atoms with Crippen LogP contribution in [0.1, 0.15) is 0 Å². The van der Waals surface area contributed by atoms with Gasteiger partial charge in [0.05, 0.1) is 37.0 Å². The maximum Gasteiger partial charge on any atom is 0.258 e. The van der Waals surface area contributed by atoms with Crippen LogP contribution in [0, 0.1) is 0 Å². The number of benzene rings is 2. The van der Waals surface area contributed by atoms with E-state index in [4.69, 9.17) is 20.9 Å². The van der Waals surface area contributed by atoms with E-state index in [9.17, 15) is 4.79 Å². The van der Waals surface area contributed by atoms with Crippen LogP contribution in [0.25, 0.3) is 21.8 Å². The molecule has 0 aliphatic carbocycles. The number of methoxy groups -OCH3 is 2. The minimum atomic E-state index is -0.188. The smallest absolute Gasteiger partial charge is 0.258 e. The minimum absolute atomic E-state index is 0.188. The molecule has 2 aromatic carbocycles. The summed E-state index contributed by atoms with van der Waals surface area (Å²) in [6.07, 6.45) is 1.60. The number of nitrogens with zero attached hydrogens (tertiary/aromatic N) is 3. The molecule has 0 saturated carbocycles. The molecule has 0 amide bonds. The number of anilines is 4. The molecule has 0 saturated heterocycles. The van der Waals surface area contributed by atoms with Crippen molar-refractivity contribution in [3.05, 3.63) is 46.9 Å². The lowest BCUT2D eigenvalue weighted by molar-refractivity contribution is 0.415. The Morgan fingerprint density at radius 1 is 1.03 bits per heavy atom. The monoisotopic (exact) mass is 392 g/mol. The van der Waals surface area contributed by atoms with Crippen LogP contribution in [-0.2, 0) is 7.05 Å². The predicted octanol–water partition coefficient (Wildman–Crippen LogP) is 2.41. The number of nitrogens with two attached hydrogens (primary N) is 2. The highest BCUT2D eigenvalue weighted by atomic mass is 16.5. The molecule has 148 valence electrons. The second-order valence-corrected chi connectivity index (χ2v) is 6.55. The Hall–Kier alpha value is -4.01. The molecule has 2 heterocycles. The van der Waals surface area contributed by atoms with E-state index in [-0.39, 0.29) is 5.56 Å². The van der Waals surface area contributed by atoms with Crippen molar-refractivity contribution in [2.24, 2.45) is 7.05 Å². The highest BCUT2D eigenvalue weighted by Crippen LogP contribution is 2.31. The number of rotatable bonds is 4. The average Bonchev–Trinajstić information content (AvgIpc) is 2.71. The predicted molar refractivity (Wildman–Crippen MR) is 114 cm³/mol. The lowest BCUT2D eigenvalue weighted by atomic mass is 10.1. The van der Waals surface area contributed by atoms with E-state index in [1.54, 1.807) is 50.7 Å². The zero-order chi connectivity index (χ0) is 20.7. The zero-order valence-electron chi connectivity index (χ0n) is 16.2. The van der Waals surface area contributed by atoms with Gasteiger partial charge in [-0.1, -0.05) is 0 Å². The molecule has 9 heteroatoms. The van der Waals surface area contributed by atoms with E-state index >= 15 is 0 Å². The third kappa shape index (κ3) is 3.12. The van der Waals surface area contributed by atoms with Gasteiger partial charge < -0.3 is 30.8 Å². The molecule has 9 nitrogen and oxygen atoms in total. The van der Waals surface area contributed by atoms with Crippen LogP contribution >= 0.6 is 0 Å². The van der Waals surface area contributed by atoms with Gasteiger partial charge in [-0.2, -0.15) is 0 Å². The van der Waals surface area contributed by atoms with Crippen molar-refractivity contribution in [2.45, 2.75) is 0 Å². The molecular weight excluding hydrogens is 372 g/mol. The van der Waals surface area contributed by atoms with Gasteiger partial charge in [0.1, 0.15) is 17.0 Å². The first-order valence-electron chi connectivity index (χ1n) is 8.76. The fraction of sp³-hybridized carbons (Fsp3) is 0.150. The van der Waals surface area contributed by atoms with Crippen molar-refractivity contribution in [3.63, 3.8) is 0 Å². The minimum Gasteiger partial charge on any atom is -0.497 e. The van der Waals surface area contributed by atoms with E-state index in [2.05, 4.69) is 15.3 Å². The molecule has 0 atom stereocenters. The Balaban J connectivity index is 1.93. The summed E-state index contributed by atoms with van der Waals surface area (Å²) in [7, 11) is 4.76. The lowest BCUT2D eigenvalue weighted by Crippen LogP contribution is -2.18. The summed E-state index contributed by atoms with van der Waals surface area (Å²) in [5.41, 5.74) is 14.5. The van der Waals surface area contributed by atoms with E-state index in [0.29, 0.717) is 56.3 Å². The fourth-order valence-corrected chi connectivity index (χ4v) is 3.26. The van der Waals surface area contributed by atoms with Crippen molar-refractivity contribution in [2.75, 3.05) is 31.0 Å². The molecule has 5 N–H and O–H groups in total. The molecule has 4 rings (SSSR count). The summed E-state index contributed by atoms with van der Waals surface area (Å²) in [6.45, 7) is 0. The number of nitrogen functional groups attached to an aromatic ring is 2. The molecule has 0 spiro atoms. The van der Waals surface area contributed by atoms with E-state index in [1.807, 2.05) is 0 Å². The molecule has 4 aromatic rings. The summed E-state index contributed by atoms with van der Waals surface area (Å²) in [5, 5.41) is 4.21. The van der Waals surface area contributed by atoms with Crippen LogP contribution in [0.4, 0.5) is 23.0 Å². The van der Waals surface area contributed by atoms with Crippen LogP contribution in [0.3, 0.4) is 0 Å². The summed E-state index contributed by atoms with van der Waals surface area (Å²) in [6, 6.07) is 8.57. The first-order valence-corrected chi connectivity index (χ1v) is 8.76. The summed E-state index contributed by atoms with van der Waals surface area (Å²) in [5.74, 6) is 1.43. The van der Waals surface area contributed by atoms with Gasteiger partial charge >= 0.3 is 0 Å². The van der Waals surface area contributed by atoms with Crippen LogP contribution in [0.5, 0.6) is 11.5 Å². The molecule has 2 aromatic heterocycles. The molecule has 0 aliphatic heterocycles. The third-order valence-corrected chi connectivity index (χ3v) is 4.71. The van der Waals surface area contributed by atoms with Gasteiger partial charge in [-0.25, -0.2) is 9.97 Å². The maximum absolute atomic E-state index is 12.7. The number of ether oxygens (including phenoxy) is 2. The Bertz CT molecular complexity index is 1320. The third-order valence-electron chi connectivity index (χ3n) is 4.71. The fourth-order valence-electron chi connectivity index (χ4n) is 3.26. The second-order valence-electron chi connectivity index (χ2n) is 6.55. The van der Waals surface area contributed by atoms with E-state index < -0.39 is 0 Å².